The van der Waals surface area contributed by atoms with Crippen molar-refractivity contribution in [3.8, 4) is 0 Å². The van der Waals surface area contributed by atoms with Crippen molar-refractivity contribution in [3.63, 3.8) is 0 Å². The summed E-state index contributed by atoms with van der Waals surface area (Å²) in [7, 11) is 0. The number of hydrogen-bond donors (Lipinski definition) is 1. The lowest BCUT2D eigenvalue weighted by molar-refractivity contribution is 0.318. The van der Waals surface area contributed by atoms with E-state index in [-0.39, 0.29) is 0 Å². The molecule has 0 radical (unpaired) electrons. The van der Waals surface area contributed by atoms with E-state index >= 15 is 0 Å². The first kappa shape index (κ1) is 15.7. The Kier molecular flexibility index (Phi) is 5.74. The van der Waals surface area contributed by atoms with E-state index in [1.165, 1.54) is 30.5 Å². The maximum absolute atomic E-state index is 6.49. The molecule has 0 bridgehead atoms. The normalized spacial score (nSPS) is 15.4. The Hall–Kier alpha value is -0.730. The van der Waals surface area contributed by atoms with Gasteiger partial charge in [-0.15, -0.1) is 0 Å². The number of nitrogens with one attached hydrogen (secondary N) is 1. The summed E-state index contributed by atoms with van der Waals surface area (Å²) in [6.07, 6.45) is 4.15. The number of nitrogens with zero attached hydrogens (tertiary/aromatic N) is 1. The average molecular weight is 295 g/mol. The highest BCUT2D eigenvalue weighted by molar-refractivity contribution is 6.33. The van der Waals surface area contributed by atoms with Crippen LogP contribution in [0.1, 0.15) is 45.6 Å². The molecule has 1 fully saturated rings. The largest absolute Gasteiger partial charge is 0.370 e. The van der Waals surface area contributed by atoms with Crippen molar-refractivity contribution in [2.75, 3.05) is 18.0 Å². The lowest BCUT2D eigenvalue weighted by Crippen LogP contribution is -2.34. The van der Waals surface area contributed by atoms with Crippen molar-refractivity contribution in [1.82, 2.24) is 5.32 Å². The minimum absolute atomic E-state index is 0.489. The van der Waals surface area contributed by atoms with Gasteiger partial charge in [0.25, 0.3) is 0 Å². The van der Waals surface area contributed by atoms with Crippen LogP contribution in [0, 0.1) is 5.92 Å². The van der Waals surface area contributed by atoms with Crippen LogP contribution < -0.4 is 10.2 Å². The van der Waals surface area contributed by atoms with Gasteiger partial charge in [-0.1, -0.05) is 44.0 Å². The Labute approximate surface area is 128 Å². The number of para-hydroxylation sites is 1. The van der Waals surface area contributed by atoms with Crippen LogP contribution in [0.2, 0.25) is 5.02 Å². The molecule has 0 heterocycles. The highest BCUT2D eigenvalue weighted by atomic mass is 35.5. The van der Waals surface area contributed by atoms with Crippen molar-refractivity contribution < 1.29 is 0 Å². The van der Waals surface area contributed by atoms with Crippen molar-refractivity contribution >= 4 is 17.3 Å². The van der Waals surface area contributed by atoms with Gasteiger partial charge in [0, 0.05) is 25.7 Å². The second-order valence-electron chi connectivity index (χ2n) is 6.12. The van der Waals surface area contributed by atoms with E-state index in [9.17, 15) is 0 Å². The molecule has 0 aliphatic heterocycles. The zero-order chi connectivity index (χ0) is 14.5. The maximum atomic E-state index is 6.49. The lowest BCUT2D eigenvalue weighted by atomic mass is 9.85. The zero-order valence-corrected chi connectivity index (χ0v) is 13.7. The zero-order valence-electron chi connectivity index (χ0n) is 13.0. The number of anilines is 1. The molecule has 0 saturated heterocycles. The molecule has 1 aliphatic carbocycles. The molecule has 2 rings (SSSR count). The van der Waals surface area contributed by atoms with Crippen LogP contribution in [0.3, 0.4) is 0 Å². The van der Waals surface area contributed by atoms with Crippen molar-refractivity contribution in [2.24, 2.45) is 5.92 Å². The lowest BCUT2D eigenvalue weighted by Gasteiger charge is -2.34. The third-order valence-electron chi connectivity index (χ3n) is 4.17. The summed E-state index contributed by atoms with van der Waals surface area (Å²) in [5.74, 6) is 0.858. The monoisotopic (exact) mass is 294 g/mol. The van der Waals surface area contributed by atoms with Gasteiger partial charge in [-0.2, -0.15) is 0 Å². The highest BCUT2D eigenvalue weighted by Gasteiger charge is 2.22. The summed E-state index contributed by atoms with van der Waals surface area (Å²) in [6.45, 7) is 9.63. The van der Waals surface area contributed by atoms with Crippen LogP contribution in [0.25, 0.3) is 0 Å². The first-order valence-electron chi connectivity index (χ1n) is 7.87. The molecule has 1 N–H and O–H groups in total. The van der Waals surface area contributed by atoms with Crippen LogP contribution >= 0.6 is 11.6 Å². The second kappa shape index (κ2) is 7.33. The summed E-state index contributed by atoms with van der Waals surface area (Å²) in [5, 5.41) is 4.39. The van der Waals surface area contributed by atoms with Gasteiger partial charge in [0.2, 0.25) is 0 Å². The SMILES string of the molecule is CCN(CC1CCC1)c1c(Cl)cccc1CNC(C)C. The molecular formula is C17H27ClN2. The number of benzene rings is 1. The molecule has 20 heavy (non-hydrogen) atoms. The molecule has 2 nitrogen and oxygen atoms in total. The minimum atomic E-state index is 0.489. The van der Waals surface area contributed by atoms with Gasteiger partial charge >= 0.3 is 0 Å². The van der Waals surface area contributed by atoms with Crippen molar-refractivity contribution in [1.29, 1.82) is 0 Å². The summed E-state index contributed by atoms with van der Waals surface area (Å²) in [5.41, 5.74) is 2.55. The van der Waals surface area contributed by atoms with Crippen molar-refractivity contribution in [3.05, 3.63) is 28.8 Å². The van der Waals surface area contributed by atoms with Gasteiger partial charge < -0.3 is 10.2 Å². The van der Waals surface area contributed by atoms with Gasteiger partial charge in [0.05, 0.1) is 10.7 Å². The number of halogens is 1. The molecule has 0 amide bonds. The fourth-order valence-corrected chi connectivity index (χ4v) is 3.05. The van der Waals surface area contributed by atoms with Crippen molar-refractivity contribution in [2.45, 2.75) is 52.6 Å². The summed E-state index contributed by atoms with van der Waals surface area (Å²) >= 11 is 6.49. The Morgan fingerprint density at radius 1 is 1.35 bits per heavy atom. The van der Waals surface area contributed by atoms with Gasteiger partial charge in [0.1, 0.15) is 0 Å². The smallest absolute Gasteiger partial charge is 0.0642 e. The molecule has 3 heteroatoms. The fraction of sp³-hybridized carbons (Fsp3) is 0.647. The van der Waals surface area contributed by atoms with E-state index in [0.717, 1.165) is 30.6 Å². The third kappa shape index (κ3) is 3.89. The Balaban J connectivity index is 2.17. The molecule has 0 aromatic heterocycles. The third-order valence-corrected chi connectivity index (χ3v) is 4.48. The Bertz CT molecular complexity index is 427. The molecule has 0 spiro atoms. The molecule has 1 aromatic carbocycles. The topological polar surface area (TPSA) is 15.3 Å². The van der Waals surface area contributed by atoms with Crippen LogP contribution in [-0.2, 0) is 6.54 Å². The van der Waals surface area contributed by atoms with Crippen LogP contribution in [0.4, 0.5) is 5.69 Å². The minimum Gasteiger partial charge on any atom is -0.370 e. The molecule has 0 unspecified atom stereocenters. The molecule has 1 aromatic rings. The van der Waals surface area contributed by atoms with E-state index in [1.807, 2.05) is 6.07 Å². The fourth-order valence-electron chi connectivity index (χ4n) is 2.74. The first-order valence-corrected chi connectivity index (χ1v) is 8.25. The van der Waals surface area contributed by atoms with Crippen LogP contribution in [0.15, 0.2) is 18.2 Å². The predicted octanol–water partition coefficient (Wildman–Crippen LogP) is 4.46. The molecule has 1 aliphatic rings. The summed E-state index contributed by atoms with van der Waals surface area (Å²) in [6, 6.07) is 6.75. The van der Waals surface area contributed by atoms with E-state index < -0.39 is 0 Å². The molecular weight excluding hydrogens is 268 g/mol. The predicted molar refractivity (Wildman–Crippen MR) is 88.7 cm³/mol. The van der Waals surface area contributed by atoms with Crippen LogP contribution in [-0.4, -0.2) is 19.1 Å². The van der Waals surface area contributed by atoms with Gasteiger partial charge in [0.15, 0.2) is 0 Å². The highest BCUT2D eigenvalue weighted by Crippen LogP contribution is 2.34. The number of hydrogen-bond acceptors (Lipinski definition) is 2. The summed E-state index contributed by atoms with van der Waals surface area (Å²) in [4.78, 5) is 2.46. The van der Waals surface area contributed by atoms with E-state index in [1.54, 1.807) is 0 Å². The average Bonchev–Trinajstić information content (AvgIpc) is 2.36. The quantitative estimate of drug-likeness (QED) is 0.798. The van der Waals surface area contributed by atoms with E-state index in [2.05, 4.69) is 43.1 Å². The van der Waals surface area contributed by atoms with Gasteiger partial charge in [-0.25, -0.2) is 0 Å². The molecule has 1 saturated carbocycles. The number of rotatable bonds is 7. The molecule has 0 atom stereocenters. The first-order chi connectivity index (χ1) is 9.61. The van der Waals surface area contributed by atoms with E-state index in [4.69, 9.17) is 11.6 Å². The second-order valence-corrected chi connectivity index (χ2v) is 6.53. The maximum Gasteiger partial charge on any atom is 0.0642 e. The standard InChI is InChI=1S/C17H27ClN2/c1-4-20(12-14-7-5-8-14)17-15(11-19-13(2)3)9-6-10-16(17)18/h6,9-10,13-14,19H,4-5,7-8,11-12H2,1-3H3. The van der Waals surface area contributed by atoms with Crippen LogP contribution in [0.5, 0.6) is 0 Å². The van der Waals surface area contributed by atoms with E-state index in [0.29, 0.717) is 6.04 Å². The van der Waals surface area contributed by atoms with Gasteiger partial charge in [-0.05, 0) is 37.3 Å². The van der Waals surface area contributed by atoms with Gasteiger partial charge in [-0.3, -0.25) is 0 Å². The Morgan fingerprint density at radius 2 is 2.10 bits per heavy atom. The molecule has 112 valence electrons. The summed E-state index contributed by atoms with van der Waals surface area (Å²) < 4.78 is 0. The Morgan fingerprint density at radius 3 is 2.65 bits per heavy atom.